The van der Waals surface area contributed by atoms with Crippen molar-refractivity contribution in [2.45, 2.75) is 11.8 Å². The highest BCUT2D eigenvalue weighted by molar-refractivity contribution is 7.92. The van der Waals surface area contributed by atoms with Crippen molar-refractivity contribution in [2.75, 3.05) is 11.3 Å². The van der Waals surface area contributed by atoms with Gasteiger partial charge in [0.05, 0.1) is 17.7 Å². The van der Waals surface area contributed by atoms with Gasteiger partial charge in [-0.2, -0.15) is 5.10 Å². The average Bonchev–Trinajstić information content (AvgIpc) is 2.76. The molecule has 160 valence electrons. The molecule has 0 aliphatic rings. The SMILES string of the molecule is CCOc1ccc(S(=O)(=O)Nc2ccc(C(=O)N/N=C/c3ccccc3Cl)cc2)cc1. The molecule has 0 aliphatic heterocycles. The summed E-state index contributed by atoms with van der Waals surface area (Å²) < 4.78 is 32.9. The molecule has 3 rings (SSSR count). The van der Waals surface area contributed by atoms with E-state index in [1.54, 1.807) is 30.3 Å². The molecule has 3 aromatic rings. The minimum Gasteiger partial charge on any atom is -0.494 e. The zero-order valence-corrected chi connectivity index (χ0v) is 18.2. The highest BCUT2D eigenvalue weighted by atomic mass is 35.5. The van der Waals surface area contributed by atoms with Gasteiger partial charge in [0.15, 0.2) is 0 Å². The quantitative estimate of drug-likeness (QED) is 0.389. The van der Waals surface area contributed by atoms with Crippen LogP contribution < -0.4 is 14.9 Å². The minimum absolute atomic E-state index is 0.103. The second kappa shape index (κ2) is 10.1. The summed E-state index contributed by atoms with van der Waals surface area (Å²) in [5.74, 6) is 0.151. The number of ether oxygens (including phenoxy) is 1. The number of rotatable bonds is 8. The van der Waals surface area contributed by atoms with E-state index in [4.69, 9.17) is 16.3 Å². The number of halogens is 1. The van der Waals surface area contributed by atoms with Gasteiger partial charge < -0.3 is 4.74 Å². The molecule has 31 heavy (non-hydrogen) atoms. The molecule has 0 unspecified atom stereocenters. The van der Waals surface area contributed by atoms with E-state index < -0.39 is 15.9 Å². The average molecular weight is 458 g/mol. The fourth-order valence-corrected chi connectivity index (χ4v) is 3.83. The van der Waals surface area contributed by atoms with E-state index in [2.05, 4.69) is 15.2 Å². The Balaban J connectivity index is 1.62. The predicted molar refractivity (Wildman–Crippen MR) is 121 cm³/mol. The number of nitrogens with zero attached hydrogens (tertiary/aromatic N) is 1. The minimum atomic E-state index is -3.77. The molecule has 9 heteroatoms. The lowest BCUT2D eigenvalue weighted by Crippen LogP contribution is -2.18. The van der Waals surface area contributed by atoms with E-state index in [0.717, 1.165) is 0 Å². The monoisotopic (exact) mass is 457 g/mol. The number of nitrogens with one attached hydrogen (secondary N) is 2. The van der Waals surface area contributed by atoms with Crippen LogP contribution in [0.2, 0.25) is 5.02 Å². The van der Waals surface area contributed by atoms with Gasteiger partial charge in [-0.15, -0.1) is 0 Å². The molecular weight excluding hydrogens is 438 g/mol. The largest absolute Gasteiger partial charge is 0.494 e. The third-order valence-electron chi connectivity index (χ3n) is 4.12. The number of sulfonamides is 1. The first-order valence-corrected chi connectivity index (χ1v) is 11.2. The van der Waals surface area contributed by atoms with Crippen LogP contribution in [0.4, 0.5) is 5.69 Å². The van der Waals surface area contributed by atoms with Gasteiger partial charge in [0, 0.05) is 21.8 Å². The number of benzene rings is 3. The maximum Gasteiger partial charge on any atom is 0.271 e. The van der Waals surface area contributed by atoms with Crippen molar-refractivity contribution in [3.05, 3.63) is 88.9 Å². The molecule has 0 aromatic heterocycles. The van der Waals surface area contributed by atoms with Crippen LogP contribution in [0.25, 0.3) is 0 Å². The fourth-order valence-electron chi connectivity index (χ4n) is 2.59. The Kier molecular flexibility index (Phi) is 7.28. The first-order chi connectivity index (χ1) is 14.9. The Morgan fingerprint density at radius 1 is 1.03 bits per heavy atom. The number of carbonyl (C=O) groups excluding carboxylic acids is 1. The second-order valence-corrected chi connectivity index (χ2v) is 8.40. The Morgan fingerprint density at radius 3 is 2.35 bits per heavy atom. The highest BCUT2D eigenvalue weighted by Crippen LogP contribution is 2.20. The standard InChI is InChI=1S/C22H20ClN3O4S/c1-2-30-19-11-13-20(14-12-19)31(28,29)26-18-9-7-16(8-10-18)22(27)25-24-15-17-5-3-4-6-21(17)23/h3-15,26H,2H2,1H3,(H,25,27)/b24-15+. The van der Waals surface area contributed by atoms with Gasteiger partial charge in [0.25, 0.3) is 15.9 Å². The number of hydrazone groups is 1. The summed E-state index contributed by atoms with van der Waals surface area (Å²) in [5.41, 5.74) is 3.72. The number of anilines is 1. The molecule has 1 amide bonds. The summed E-state index contributed by atoms with van der Waals surface area (Å²) in [6.45, 7) is 2.34. The van der Waals surface area contributed by atoms with Gasteiger partial charge in [-0.05, 0) is 61.5 Å². The van der Waals surface area contributed by atoms with Gasteiger partial charge in [-0.25, -0.2) is 13.8 Å². The summed E-state index contributed by atoms with van der Waals surface area (Å²) in [6.07, 6.45) is 1.44. The molecule has 0 spiro atoms. The molecule has 0 saturated carbocycles. The molecule has 0 radical (unpaired) electrons. The zero-order valence-electron chi connectivity index (χ0n) is 16.6. The maximum absolute atomic E-state index is 12.5. The van der Waals surface area contributed by atoms with E-state index in [1.165, 1.54) is 42.6 Å². The van der Waals surface area contributed by atoms with Crippen LogP contribution in [0.5, 0.6) is 5.75 Å². The van der Waals surface area contributed by atoms with Gasteiger partial charge in [0.2, 0.25) is 0 Å². The van der Waals surface area contributed by atoms with Crippen LogP contribution in [0.1, 0.15) is 22.8 Å². The van der Waals surface area contributed by atoms with Crippen LogP contribution in [-0.4, -0.2) is 27.1 Å². The summed E-state index contributed by atoms with van der Waals surface area (Å²) >= 11 is 6.03. The lowest BCUT2D eigenvalue weighted by Gasteiger charge is -2.09. The predicted octanol–water partition coefficient (Wildman–Crippen LogP) is 4.30. The molecule has 3 aromatic carbocycles. The Hall–Kier alpha value is -3.36. The van der Waals surface area contributed by atoms with Gasteiger partial charge in [0.1, 0.15) is 5.75 Å². The van der Waals surface area contributed by atoms with Crippen LogP contribution in [0, 0.1) is 0 Å². The van der Waals surface area contributed by atoms with Crippen LogP contribution in [-0.2, 0) is 10.0 Å². The molecule has 0 atom stereocenters. The molecule has 0 bridgehead atoms. The Morgan fingerprint density at radius 2 is 1.71 bits per heavy atom. The van der Waals surface area contributed by atoms with Crippen LogP contribution in [0.15, 0.2) is 82.8 Å². The highest BCUT2D eigenvalue weighted by Gasteiger charge is 2.14. The summed E-state index contributed by atoms with van der Waals surface area (Å²) in [5, 5.41) is 4.41. The van der Waals surface area contributed by atoms with E-state index in [-0.39, 0.29) is 4.90 Å². The summed E-state index contributed by atoms with van der Waals surface area (Å²) in [7, 11) is -3.77. The van der Waals surface area contributed by atoms with Crippen LogP contribution in [0.3, 0.4) is 0 Å². The number of amides is 1. The summed E-state index contributed by atoms with van der Waals surface area (Å²) in [4.78, 5) is 12.3. The molecule has 0 aliphatic carbocycles. The zero-order chi connectivity index (χ0) is 22.3. The van der Waals surface area contributed by atoms with E-state index >= 15 is 0 Å². The normalized spacial score (nSPS) is 11.3. The topological polar surface area (TPSA) is 96.9 Å². The first kappa shape index (κ1) is 22.3. The lowest BCUT2D eigenvalue weighted by atomic mass is 10.2. The number of hydrogen-bond acceptors (Lipinski definition) is 5. The molecule has 2 N–H and O–H groups in total. The Labute approximate surface area is 185 Å². The molecule has 0 fully saturated rings. The smallest absolute Gasteiger partial charge is 0.271 e. The van der Waals surface area contributed by atoms with E-state index in [9.17, 15) is 13.2 Å². The van der Waals surface area contributed by atoms with Crippen molar-refractivity contribution in [1.29, 1.82) is 0 Å². The van der Waals surface area contributed by atoms with E-state index in [1.807, 2.05) is 13.0 Å². The lowest BCUT2D eigenvalue weighted by molar-refractivity contribution is 0.0955. The second-order valence-electron chi connectivity index (χ2n) is 6.31. The van der Waals surface area contributed by atoms with Gasteiger partial charge in [-0.1, -0.05) is 29.8 Å². The van der Waals surface area contributed by atoms with Crippen molar-refractivity contribution in [2.24, 2.45) is 5.10 Å². The summed E-state index contributed by atoms with van der Waals surface area (Å²) in [6, 6.07) is 19.2. The van der Waals surface area contributed by atoms with Crippen LogP contribution >= 0.6 is 11.6 Å². The van der Waals surface area contributed by atoms with Crippen molar-refractivity contribution < 1.29 is 17.9 Å². The van der Waals surface area contributed by atoms with Gasteiger partial charge in [-0.3, -0.25) is 9.52 Å². The van der Waals surface area contributed by atoms with Crippen molar-refractivity contribution in [3.63, 3.8) is 0 Å². The third-order valence-corrected chi connectivity index (χ3v) is 5.86. The maximum atomic E-state index is 12.5. The molecule has 0 heterocycles. The third kappa shape index (κ3) is 6.07. The molecule has 7 nitrogen and oxygen atoms in total. The van der Waals surface area contributed by atoms with Crippen molar-refractivity contribution >= 4 is 39.4 Å². The van der Waals surface area contributed by atoms with Gasteiger partial charge >= 0.3 is 0 Å². The number of carbonyl (C=O) groups is 1. The van der Waals surface area contributed by atoms with Crippen molar-refractivity contribution in [1.82, 2.24) is 5.43 Å². The number of hydrogen-bond donors (Lipinski definition) is 2. The van der Waals surface area contributed by atoms with E-state index in [0.29, 0.717) is 34.2 Å². The molecular formula is C22H20ClN3O4S. The first-order valence-electron chi connectivity index (χ1n) is 9.33. The fraction of sp³-hybridized carbons (Fsp3) is 0.0909. The molecule has 0 saturated heterocycles. The van der Waals surface area contributed by atoms with Crippen molar-refractivity contribution in [3.8, 4) is 5.75 Å². The Bertz CT molecular complexity index is 1180.